The van der Waals surface area contributed by atoms with Gasteiger partial charge in [-0.3, -0.25) is 9.98 Å². The minimum atomic E-state index is -1.29. The second-order valence-electron chi connectivity index (χ2n) is 14.9. The van der Waals surface area contributed by atoms with E-state index in [4.69, 9.17) is 20.2 Å². The summed E-state index contributed by atoms with van der Waals surface area (Å²) < 4.78 is 0. The van der Waals surface area contributed by atoms with Gasteiger partial charge in [0.1, 0.15) is 11.5 Å². The number of phenols is 2. The molecule has 0 saturated carbocycles. The summed E-state index contributed by atoms with van der Waals surface area (Å²) in [6.07, 6.45) is 18.8. The number of aryl methyl sites for hydroxylation is 2. The third-order valence-corrected chi connectivity index (χ3v) is 10.4. The fourth-order valence-corrected chi connectivity index (χ4v) is 6.84. The third-order valence-electron chi connectivity index (χ3n) is 10.4. The molecule has 10 nitrogen and oxygen atoms in total. The zero-order valence-corrected chi connectivity index (χ0v) is 37.9. The summed E-state index contributed by atoms with van der Waals surface area (Å²) in [7, 11) is 0. The number of hydrogen-bond donors (Lipinski definition) is 4. The number of aromatic carboxylic acids is 2. The molecule has 0 radical (unpaired) electrons. The van der Waals surface area contributed by atoms with Gasteiger partial charge in [-0.15, -0.1) is 0 Å². The van der Waals surface area contributed by atoms with Gasteiger partial charge in [-0.1, -0.05) is 140 Å². The van der Waals surface area contributed by atoms with E-state index < -0.39 is 34.9 Å². The van der Waals surface area contributed by atoms with Crippen molar-refractivity contribution >= 4 is 34.7 Å². The maximum absolute atomic E-state index is 11.3. The number of hydrogen-bond acceptors (Lipinski definition) is 8. The Kier molecular flexibility index (Phi) is 26.5. The molecule has 0 aliphatic rings. The summed E-state index contributed by atoms with van der Waals surface area (Å²) in [6.45, 7) is 11.4. The second-order valence-corrected chi connectivity index (χ2v) is 14.9. The molecule has 334 valence electrons. The van der Waals surface area contributed by atoms with Crippen molar-refractivity contribution in [2.45, 2.75) is 144 Å². The van der Waals surface area contributed by atoms with Crippen LogP contribution < -0.4 is 10.2 Å². The Balaban J connectivity index is 0.000000529. The Labute approximate surface area is 373 Å². The number of carboxylic acid groups (broad SMARTS) is 2. The van der Waals surface area contributed by atoms with Gasteiger partial charge in [-0.25, -0.2) is 9.59 Å². The number of unbranched alkanes of at least 4 members (excludes halogenated alkanes) is 10. The Morgan fingerprint density at radius 1 is 0.525 bits per heavy atom. The topological polar surface area (TPSA) is 186 Å². The number of aliphatic imine (C=N–C) groups is 2. The largest absolute Gasteiger partial charge is 2.00 e. The fourth-order valence-electron chi connectivity index (χ4n) is 6.84. The molecule has 0 bridgehead atoms. The smallest absolute Gasteiger partial charge is 0.869 e. The van der Waals surface area contributed by atoms with E-state index in [-0.39, 0.29) is 27.6 Å². The molecule has 0 aliphatic carbocycles. The van der Waals surface area contributed by atoms with E-state index in [0.717, 1.165) is 24.2 Å². The van der Waals surface area contributed by atoms with Crippen molar-refractivity contribution in [3.8, 4) is 23.0 Å². The molecule has 0 fully saturated rings. The van der Waals surface area contributed by atoms with Gasteiger partial charge in [0.2, 0.25) is 0 Å². The predicted molar refractivity (Wildman–Crippen MR) is 240 cm³/mol. The summed E-state index contributed by atoms with van der Waals surface area (Å²) in [5.41, 5.74) is 6.01. The Hall–Kier alpha value is -5.15. The first-order valence-corrected chi connectivity index (χ1v) is 21.6. The van der Waals surface area contributed by atoms with Gasteiger partial charge in [0.05, 0.1) is 33.9 Å². The molecule has 4 aromatic carbocycles. The number of para-hydroxylation sites is 2. The van der Waals surface area contributed by atoms with Crippen LogP contribution in [0.2, 0.25) is 0 Å². The van der Waals surface area contributed by atoms with E-state index in [1.807, 2.05) is 13.8 Å². The molecule has 4 aromatic rings. The molecule has 0 unspecified atom stereocenters. The van der Waals surface area contributed by atoms with E-state index >= 15 is 0 Å². The van der Waals surface area contributed by atoms with Gasteiger partial charge in [0, 0.05) is 0 Å². The summed E-state index contributed by atoms with van der Waals surface area (Å²) in [5.74, 6) is -5.20. The van der Waals surface area contributed by atoms with Crippen LogP contribution in [0.3, 0.4) is 0 Å². The van der Waals surface area contributed by atoms with Gasteiger partial charge in [-0.05, 0) is 111 Å². The van der Waals surface area contributed by atoms with Crippen LogP contribution in [-0.4, -0.2) is 43.8 Å². The van der Waals surface area contributed by atoms with Crippen LogP contribution in [-0.2, 0) is 29.3 Å². The van der Waals surface area contributed by atoms with Crippen LogP contribution in [0.15, 0.2) is 82.8 Å². The molecule has 61 heavy (non-hydrogen) atoms. The number of carboxylic acids is 2. The van der Waals surface area contributed by atoms with Gasteiger partial charge in [-0.2, -0.15) is 0 Å². The second kappa shape index (κ2) is 30.0. The summed E-state index contributed by atoms with van der Waals surface area (Å²) in [5, 5.41) is 58.5. The first kappa shape index (κ1) is 53.9. The maximum atomic E-state index is 11.3. The zero-order valence-electron chi connectivity index (χ0n) is 36.9. The van der Waals surface area contributed by atoms with Gasteiger partial charge < -0.3 is 30.6 Å². The van der Waals surface area contributed by atoms with Crippen LogP contribution in [0.4, 0.5) is 11.4 Å². The number of aromatic hydroxyl groups is 2. The molecule has 4 N–H and O–H groups in total. The molecule has 0 aliphatic heterocycles. The molecule has 0 saturated heterocycles. The van der Waals surface area contributed by atoms with Crippen molar-refractivity contribution in [2.24, 2.45) is 9.98 Å². The molecular weight excluding hydrogens is 815 g/mol. The van der Waals surface area contributed by atoms with E-state index in [9.17, 15) is 30.0 Å². The Morgan fingerprint density at radius 3 is 1.13 bits per heavy atom. The average molecular weight is 882 g/mol. The van der Waals surface area contributed by atoms with Crippen molar-refractivity contribution in [1.29, 1.82) is 0 Å². The molecular formula is C50H66N2NiO8. The minimum Gasteiger partial charge on any atom is -0.869 e. The molecule has 11 heteroatoms. The van der Waals surface area contributed by atoms with Crippen molar-refractivity contribution in [1.82, 2.24) is 0 Å². The van der Waals surface area contributed by atoms with E-state index in [2.05, 4.69) is 74.5 Å². The average Bonchev–Trinajstić information content (AvgIpc) is 3.23. The van der Waals surface area contributed by atoms with Crippen LogP contribution in [0.25, 0.3) is 0 Å². The van der Waals surface area contributed by atoms with Crippen molar-refractivity contribution in [3.63, 3.8) is 0 Å². The van der Waals surface area contributed by atoms with Gasteiger partial charge >= 0.3 is 28.4 Å². The van der Waals surface area contributed by atoms with Crippen LogP contribution in [0.5, 0.6) is 23.0 Å². The Bertz CT molecular complexity index is 1840. The van der Waals surface area contributed by atoms with Crippen LogP contribution in [0.1, 0.15) is 161 Å². The number of carbonyl (C=O) groups is 2. The Morgan fingerprint density at radius 2 is 0.836 bits per heavy atom. The zero-order chi connectivity index (χ0) is 44.5. The van der Waals surface area contributed by atoms with E-state index in [1.165, 1.54) is 101 Å². The van der Waals surface area contributed by atoms with Crippen molar-refractivity contribution < 1.29 is 56.7 Å². The first-order valence-electron chi connectivity index (χ1n) is 21.6. The normalized spacial score (nSPS) is 11.1. The maximum Gasteiger partial charge on any atom is 2.00 e. The number of phenolic OH excluding ortho intramolecular Hbond substituents is 2. The summed E-state index contributed by atoms with van der Waals surface area (Å²) >= 11 is 0. The predicted octanol–water partition coefficient (Wildman–Crippen LogP) is 12.1. The molecule has 0 atom stereocenters. The SMILES string of the molecule is CCCCCCCCC(=Nc1ccccc1)C(CCCCCCCC)=Nc1ccccc1.CCc1cc(O)c([O-])c(C(=O)O)c1C.CCc1cc(O)c([O-])c(C(=O)O)c1C.[Ni+2]. The monoisotopic (exact) mass is 880 g/mol. The van der Waals surface area contributed by atoms with E-state index in [1.54, 1.807) is 13.8 Å². The van der Waals surface area contributed by atoms with Crippen LogP contribution >= 0.6 is 0 Å². The van der Waals surface area contributed by atoms with Gasteiger partial charge in [0.15, 0.2) is 0 Å². The number of benzene rings is 4. The van der Waals surface area contributed by atoms with Crippen molar-refractivity contribution in [3.05, 3.63) is 106 Å². The van der Waals surface area contributed by atoms with E-state index in [0.29, 0.717) is 35.1 Å². The molecule has 0 spiro atoms. The van der Waals surface area contributed by atoms with Crippen molar-refractivity contribution in [2.75, 3.05) is 0 Å². The summed E-state index contributed by atoms with van der Waals surface area (Å²) in [6, 6.07) is 23.5. The van der Waals surface area contributed by atoms with Crippen LogP contribution in [0, 0.1) is 13.8 Å². The summed E-state index contributed by atoms with van der Waals surface area (Å²) in [4.78, 5) is 31.7. The standard InChI is InChI=1S/C30H44N2.2C10H12O4.Ni/c1-3-5-7-9-11-19-25-29(31-27-21-15-13-16-22-27)30(26-20-12-10-8-6-4-2)32-28-23-17-14-18-24-28;2*1-3-6-4-7(11)9(12)8(5(6)2)10(13)14;/h13-18,21-24H,3-12,19-20,25-26H2,1-2H3;2*4,11-12H,3H2,1-2H3,(H,13,14);/q;;;+2/p-2. The number of nitrogens with zero attached hydrogens (tertiary/aromatic N) is 2. The molecule has 0 amide bonds. The number of rotatable bonds is 21. The molecule has 4 rings (SSSR count). The van der Waals surface area contributed by atoms with Gasteiger partial charge in [0.25, 0.3) is 0 Å². The molecule has 0 heterocycles. The molecule has 0 aromatic heterocycles. The fraction of sp³-hybridized carbons (Fsp3) is 0.440. The minimum absolute atomic E-state index is 0. The third kappa shape index (κ3) is 18.6. The quantitative estimate of drug-likeness (QED) is 0.0362. The first-order chi connectivity index (χ1) is 28.8.